The number of carbonyl (C=O) groups excluding carboxylic acids is 1. The Bertz CT molecular complexity index is 620. The van der Waals surface area contributed by atoms with Crippen molar-refractivity contribution in [3.05, 3.63) is 21.7 Å². The number of likely N-dealkylation sites (tertiary alicyclic amines) is 1. The molecule has 0 aliphatic carbocycles. The number of esters is 1. The lowest BCUT2D eigenvalue weighted by molar-refractivity contribution is -0.141. The van der Waals surface area contributed by atoms with E-state index in [1.165, 1.54) is 37.0 Å². The van der Waals surface area contributed by atoms with Gasteiger partial charge in [-0.3, -0.25) is 14.2 Å². The van der Waals surface area contributed by atoms with E-state index in [2.05, 4.69) is 22.2 Å². The van der Waals surface area contributed by atoms with Gasteiger partial charge in [0.15, 0.2) is 5.82 Å². The van der Waals surface area contributed by atoms with Crippen LogP contribution < -0.4 is 10.9 Å². The maximum Gasteiger partial charge on any atom is 0.302 e. The number of piperidine rings is 1. The van der Waals surface area contributed by atoms with E-state index in [-0.39, 0.29) is 35.7 Å². The number of carbonyl (C=O) groups is 1. The van der Waals surface area contributed by atoms with Gasteiger partial charge < -0.3 is 15.0 Å². The van der Waals surface area contributed by atoms with Gasteiger partial charge in [0.25, 0.3) is 5.56 Å². The van der Waals surface area contributed by atoms with E-state index < -0.39 is 0 Å². The molecule has 1 aromatic rings. The molecule has 1 fully saturated rings. The molecule has 2 heterocycles. The first-order valence-corrected chi connectivity index (χ1v) is 8.69. The lowest BCUT2D eigenvalue weighted by Gasteiger charge is -2.32. The molecule has 0 bridgehead atoms. The zero-order valence-corrected chi connectivity index (χ0v) is 15.0. The molecule has 1 N–H and O–H groups in total. The summed E-state index contributed by atoms with van der Waals surface area (Å²) >= 11 is 6.02. The number of rotatable bonds is 7. The lowest BCUT2D eigenvalue weighted by atomic mass is 10.0. The molecule has 24 heavy (non-hydrogen) atoms. The van der Waals surface area contributed by atoms with Gasteiger partial charge in [-0.25, -0.2) is 4.98 Å². The van der Waals surface area contributed by atoms with Crippen LogP contribution in [0, 0.1) is 0 Å². The van der Waals surface area contributed by atoms with Crippen LogP contribution >= 0.6 is 11.6 Å². The molecule has 0 saturated carbocycles. The third kappa shape index (κ3) is 5.21. The number of aromatic nitrogens is 2. The predicted molar refractivity (Wildman–Crippen MR) is 93.5 cm³/mol. The number of halogens is 1. The topological polar surface area (TPSA) is 76.5 Å². The van der Waals surface area contributed by atoms with Crippen molar-refractivity contribution in [2.24, 2.45) is 0 Å². The van der Waals surface area contributed by atoms with Crippen LogP contribution in [-0.2, 0) is 16.1 Å². The Hall–Kier alpha value is -1.60. The van der Waals surface area contributed by atoms with E-state index in [4.69, 9.17) is 16.3 Å². The molecule has 8 heteroatoms. The number of hydrogen-bond acceptors (Lipinski definition) is 6. The van der Waals surface area contributed by atoms with Crippen LogP contribution in [0.1, 0.15) is 32.6 Å². The molecule has 0 radical (unpaired) electrons. The number of nitrogens with zero attached hydrogens (tertiary/aromatic N) is 3. The summed E-state index contributed by atoms with van der Waals surface area (Å²) in [5.74, 6) is -0.108. The molecular weight excluding hydrogens is 332 g/mol. The first-order chi connectivity index (χ1) is 11.5. The van der Waals surface area contributed by atoms with Crippen LogP contribution in [0.3, 0.4) is 0 Å². The third-order valence-corrected chi connectivity index (χ3v) is 4.62. The van der Waals surface area contributed by atoms with Crippen LogP contribution in [-0.4, -0.2) is 53.2 Å². The Balaban J connectivity index is 1.92. The van der Waals surface area contributed by atoms with Crippen LogP contribution in [0.5, 0.6) is 0 Å². The standard InChI is InChI=1S/C16H25ClN4O3/c1-12(22)24-10-9-21-14(17)11-19-15(16(21)23)18-7-6-13-5-3-4-8-20(13)2/h11,13H,3-10H2,1-2H3,(H,18,19). The lowest BCUT2D eigenvalue weighted by Crippen LogP contribution is -2.37. The number of ether oxygens (including phenoxy) is 1. The molecule has 1 atom stereocenters. The van der Waals surface area contributed by atoms with E-state index in [9.17, 15) is 9.59 Å². The van der Waals surface area contributed by atoms with Crippen molar-refractivity contribution >= 4 is 23.4 Å². The monoisotopic (exact) mass is 356 g/mol. The van der Waals surface area contributed by atoms with Gasteiger partial charge >= 0.3 is 5.97 Å². The van der Waals surface area contributed by atoms with E-state index >= 15 is 0 Å². The van der Waals surface area contributed by atoms with E-state index in [1.54, 1.807) is 0 Å². The Morgan fingerprint density at radius 1 is 1.50 bits per heavy atom. The fourth-order valence-electron chi connectivity index (χ4n) is 2.94. The van der Waals surface area contributed by atoms with E-state index in [0.29, 0.717) is 12.6 Å². The van der Waals surface area contributed by atoms with Crippen molar-refractivity contribution in [1.29, 1.82) is 0 Å². The molecule has 1 unspecified atom stereocenters. The summed E-state index contributed by atoms with van der Waals surface area (Å²) in [6, 6.07) is 0.546. The fraction of sp³-hybridized carbons (Fsp3) is 0.688. The van der Waals surface area contributed by atoms with Crippen LogP contribution in [0.4, 0.5) is 5.82 Å². The highest BCUT2D eigenvalue weighted by Gasteiger charge is 2.18. The van der Waals surface area contributed by atoms with E-state index in [1.807, 2.05) is 0 Å². The van der Waals surface area contributed by atoms with Gasteiger partial charge in [-0.05, 0) is 32.9 Å². The highest BCUT2D eigenvalue weighted by atomic mass is 35.5. The zero-order chi connectivity index (χ0) is 17.5. The molecule has 2 rings (SSSR count). The zero-order valence-electron chi connectivity index (χ0n) is 14.3. The number of anilines is 1. The van der Waals surface area contributed by atoms with Crippen LogP contribution in [0.15, 0.2) is 11.0 Å². The van der Waals surface area contributed by atoms with Gasteiger partial charge in [-0.2, -0.15) is 0 Å². The van der Waals surface area contributed by atoms with Crippen LogP contribution in [0.2, 0.25) is 5.15 Å². The summed E-state index contributed by atoms with van der Waals surface area (Å²) in [6.07, 6.45) is 6.11. The van der Waals surface area contributed by atoms with Crippen molar-refractivity contribution in [2.45, 2.75) is 45.2 Å². The summed E-state index contributed by atoms with van der Waals surface area (Å²) in [4.78, 5) is 29.7. The van der Waals surface area contributed by atoms with Gasteiger partial charge in [-0.1, -0.05) is 18.0 Å². The summed E-state index contributed by atoms with van der Waals surface area (Å²) in [5.41, 5.74) is -0.299. The molecule has 1 saturated heterocycles. The molecule has 0 spiro atoms. The van der Waals surface area contributed by atoms with Crippen molar-refractivity contribution in [3.63, 3.8) is 0 Å². The smallest absolute Gasteiger partial charge is 0.302 e. The average molecular weight is 357 g/mol. The number of hydrogen-bond donors (Lipinski definition) is 1. The average Bonchev–Trinajstić information content (AvgIpc) is 2.54. The van der Waals surface area contributed by atoms with Crippen LogP contribution in [0.25, 0.3) is 0 Å². The second-order valence-corrected chi connectivity index (χ2v) is 6.46. The highest BCUT2D eigenvalue weighted by Crippen LogP contribution is 2.17. The van der Waals surface area contributed by atoms with Gasteiger partial charge in [0.2, 0.25) is 0 Å². The van der Waals surface area contributed by atoms with Crippen molar-refractivity contribution in [1.82, 2.24) is 14.5 Å². The van der Waals surface area contributed by atoms with Crippen molar-refractivity contribution < 1.29 is 9.53 Å². The van der Waals surface area contributed by atoms with E-state index in [0.717, 1.165) is 13.0 Å². The minimum Gasteiger partial charge on any atom is -0.464 e. The molecule has 1 aromatic heterocycles. The molecule has 1 aliphatic heterocycles. The summed E-state index contributed by atoms with van der Waals surface area (Å²) in [7, 11) is 2.15. The Morgan fingerprint density at radius 3 is 3.00 bits per heavy atom. The molecule has 7 nitrogen and oxygen atoms in total. The summed E-state index contributed by atoms with van der Waals surface area (Å²) < 4.78 is 6.22. The first kappa shape index (κ1) is 18.7. The minimum atomic E-state index is -0.386. The molecule has 1 aliphatic rings. The molecule has 134 valence electrons. The van der Waals surface area contributed by atoms with Gasteiger partial charge in [0.05, 0.1) is 12.7 Å². The molecule has 0 aromatic carbocycles. The SMILES string of the molecule is CC(=O)OCCn1c(Cl)cnc(NCCC2CCCCN2C)c1=O. The second kappa shape index (κ2) is 9.03. The van der Waals surface area contributed by atoms with Gasteiger partial charge in [0, 0.05) is 19.5 Å². The first-order valence-electron chi connectivity index (χ1n) is 8.32. The number of nitrogens with one attached hydrogen (secondary N) is 1. The predicted octanol–water partition coefficient (Wildman–Crippen LogP) is 1.75. The normalized spacial score (nSPS) is 18.4. The fourth-order valence-corrected chi connectivity index (χ4v) is 3.15. The Labute approximate surface area is 147 Å². The second-order valence-electron chi connectivity index (χ2n) is 6.07. The summed E-state index contributed by atoms with van der Waals surface area (Å²) in [5, 5.41) is 3.34. The summed E-state index contributed by atoms with van der Waals surface area (Å²) in [6.45, 7) is 3.45. The van der Waals surface area contributed by atoms with Gasteiger partial charge in [-0.15, -0.1) is 0 Å². The minimum absolute atomic E-state index is 0.102. The third-order valence-electron chi connectivity index (χ3n) is 4.32. The maximum absolute atomic E-state index is 12.4. The molecular formula is C16H25ClN4O3. The highest BCUT2D eigenvalue weighted by molar-refractivity contribution is 6.29. The quantitative estimate of drug-likeness (QED) is 0.750. The van der Waals surface area contributed by atoms with Crippen molar-refractivity contribution in [2.75, 3.05) is 32.1 Å². The maximum atomic E-state index is 12.4. The largest absolute Gasteiger partial charge is 0.464 e. The van der Waals surface area contributed by atoms with Crippen molar-refractivity contribution in [3.8, 4) is 0 Å². The Morgan fingerprint density at radius 2 is 2.29 bits per heavy atom. The van der Waals surface area contributed by atoms with Gasteiger partial charge in [0.1, 0.15) is 11.8 Å². The molecule has 0 amide bonds. The Kier molecular flexibility index (Phi) is 7.05.